The van der Waals surface area contributed by atoms with Gasteiger partial charge in [0.15, 0.2) is 0 Å². The Hall–Kier alpha value is -2.24. The molecule has 1 aromatic rings. The third-order valence-corrected chi connectivity index (χ3v) is 2.26. The highest BCUT2D eigenvalue weighted by molar-refractivity contribution is 6.39. The van der Waals surface area contributed by atoms with E-state index in [0.717, 1.165) is 4.90 Å². The average molecular weight is 238 g/mol. The minimum atomic E-state index is -1.02. The van der Waals surface area contributed by atoms with Gasteiger partial charge in [-0.1, -0.05) is 0 Å². The van der Waals surface area contributed by atoms with Crippen molar-refractivity contribution in [1.82, 2.24) is 0 Å². The summed E-state index contributed by atoms with van der Waals surface area (Å²) in [6.07, 6.45) is 0. The summed E-state index contributed by atoms with van der Waals surface area (Å²) in [4.78, 5) is 23.4. The number of carbonyl (C=O) groups is 2. The van der Waals surface area contributed by atoms with Crippen LogP contribution in [0.3, 0.4) is 0 Å². The molecule has 0 heterocycles. The van der Waals surface area contributed by atoms with E-state index < -0.39 is 11.8 Å². The Labute approximate surface area is 98.9 Å². The first-order valence-corrected chi connectivity index (χ1v) is 4.80. The third-order valence-electron chi connectivity index (χ3n) is 2.26. The number of nitrogens with zero attached hydrogens (tertiary/aromatic N) is 1. The summed E-state index contributed by atoms with van der Waals surface area (Å²) in [5.41, 5.74) is 5.37. The number of methoxy groups -OCH3 is 2. The summed E-state index contributed by atoms with van der Waals surface area (Å²) >= 11 is 0. The van der Waals surface area contributed by atoms with E-state index in [1.807, 2.05) is 0 Å². The molecule has 0 bridgehead atoms. The van der Waals surface area contributed by atoms with Crippen LogP contribution < -0.4 is 20.1 Å². The van der Waals surface area contributed by atoms with Crippen molar-refractivity contribution in [3.8, 4) is 11.5 Å². The number of hydrogen-bond acceptors (Lipinski definition) is 4. The topological polar surface area (TPSA) is 81.9 Å². The van der Waals surface area contributed by atoms with Crippen molar-refractivity contribution in [2.24, 2.45) is 5.73 Å². The first-order valence-electron chi connectivity index (χ1n) is 4.80. The Morgan fingerprint density at radius 3 is 2.35 bits per heavy atom. The quantitative estimate of drug-likeness (QED) is 0.760. The van der Waals surface area contributed by atoms with Crippen molar-refractivity contribution in [1.29, 1.82) is 0 Å². The number of benzene rings is 1. The molecule has 0 atom stereocenters. The van der Waals surface area contributed by atoms with Gasteiger partial charge in [-0.15, -0.1) is 0 Å². The van der Waals surface area contributed by atoms with E-state index in [-0.39, 0.29) is 0 Å². The molecule has 0 unspecified atom stereocenters. The molecule has 2 amide bonds. The molecular weight excluding hydrogens is 224 g/mol. The first-order chi connectivity index (χ1) is 8.01. The van der Waals surface area contributed by atoms with E-state index in [1.165, 1.54) is 21.3 Å². The van der Waals surface area contributed by atoms with Crippen LogP contribution in [0.2, 0.25) is 0 Å². The molecule has 1 rings (SSSR count). The van der Waals surface area contributed by atoms with Crippen LogP contribution in [-0.2, 0) is 9.59 Å². The van der Waals surface area contributed by atoms with Crippen molar-refractivity contribution < 1.29 is 19.1 Å². The zero-order chi connectivity index (χ0) is 13.0. The third kappa shape index (κ3) is 2.66. The zero-order valence-electron chi connectivity index (χ0n) is 9.89. The summed E-state index contributed by atoms with van der Waals surface area (Å²) in [5, 5.41) is 0. The van der Waals surface area contributed by atoms with Gasteiger partial charge in [0.2, 0.25) is 0 Å². The molecule has 2 N–H and O–H groups in total. The fourth-order valence-corrected chi connectivity index (χ4v) is 1.34. The van der Waals surface area contributed by atoms with E-state index in [4.69, 9.17) is 15.2 Å². The van der Waals surface area contributed by atoms with Gasteiger partial charge in [-0.2, -0.15) is 0 Å². The van der Waals surface area contributed by atoms with E-state index >= 15 is 0 Å². The van der Waals surface area contributed by atoms with Crippen LogP contribution in [0.4, 0.5) is 5.69 Å². The van der Waals surface area contributed by atoms with E-state index in [0.29, 0.717) is 17.2 Å². The predicted molar refractivity (Wildman–Crippen MR) is 62.2 cm³/mol. The number of anilines is 1. The molecule has 0 aliphatic rings. The summed E-state index contributed by atoms with van der Waals surface area (Å²) in [5.74, 6) is -0.828. The largest absolute Gasteiger partial charge is 0.497 e. The lowest BCUT2D eigenvalue weighted by Gasteiger charge is -2.18. The van der Waals surface area contributed by atoms with Crippen LogP contribution in [0.5, 0.6) is 11.5 Å². The van der Waals surface area contributed by atoms with Gasteiger partial charge < -0.3 is 20.1 Å². The first kappa shape index (κ1) is 12.8. The maximum atomic E-state index is 11.4. The molecule has 0 aliphatic carbocycles. The molecule has 0 aliphatic heterocycles. The fraction of sp³-hybridized carbons (Fsp3) is 0.273. The SMILES string of the molecule is COc1ccc(N(C)C(=O)C(N)=O)c(OC)c1. The molecule has 6 nitrogen and oxygen atoms in total. The number of nitrogens with two attached hydrogens (primary N) is 1. The van der Waals surface area contributed by atoms with Crippen molar-refractivity contribution in [2.75, 3.05) is 26.2 Å². The highest BCUT2D eigenvalue weighted by atomic mass is 16.5. The Morgan fingerprint density at radius 1 is 1.24 bits per heavy atom. The van der Waals surface area contributed by atoms with Crippen molar-refractivity contribution in [3.05, 3.63) is 18.2 Å². The molecule has 6 heteroatoms. The van der Waals surface area contributed by atoms with Gasteiger partial charge >= 0.3 is 11.8 Å². The van der Waals surface area contributed by atoms with Crippen LogP contribution in [0, 0.1) is 0 Å². The van der Waals surface area contributed by atoms with Gasteiger partial charge in [-0.25, -0.2) is 0 Å². The number of rotatable bonds is 3. The number of ether oxygens (including phenoxy) is 2. The van der Waals surface area contributed by atoms with Crippen molar-refractivity contribution in [3.63, 3.8) is 0 Å². The summed E-state index contributed by atoms with van der Waals surface area (Å²) in [6.45, 7) is 0. The number of likely N-dealkylation sites (N-methyl/N-ethyl adjacent to an activating group) is 1. The fourth-order valence-electron chi connectivity index (χ4n) is 1.34. The zero-order valence-corrected chi connectivity index (χ0v) is 9.89. The van der Waals surface area contributed by atoms with Crippen LogP contribution in [0.15, 0.2) is 18.2 Å². The highest BCUT2D eigenvalue weighted by Crippen LogP contribution is 2.31. The summed E-state index contributed by atoms with van der Waals surface area (Å²) in [6, 6.07) is 4.88. The lowest BCUT2D eigenvalue weighted by molar-refractivity contribution is -0.135. The van der Waals surface area contributed by atoms with Gasteiger partial charge in [-0.05, 0) is 12.1 Å². The Balaban J connectivity index is 3.13. The number of carbonyl (C=O) groups excluding carboxylic acids is 2. The van der Waals surface area contributed by atoms with Crippen LogP contribution in [0.25, 0.3) is 0 Å². The molecule has 92 valence electrons. The Kier molecular flexibility index (Phi) is 3.92. The van der Waals surface area contributed by atoms with Gasteiger partial charge in [0.25, 0.3) is 0 Å². The van der Waals surface area contributed by atoms with Crippen LogP contribution in [0.1, 0.15) is 0 Å². The molecule has 1 aromatic carbocycles. The maximum absolute atomic E-state index is 11.4. The van der Waals surface area contributed by atoms with Gasteiger partial charge in [0.05, 0.1) is 19.9 Å². The molecule has 0 aromatic heterocycles. The lowest BCUT2D eigenvalue weighted by Crippen LogP contribution is -2.37. The van der Waals surface area contributed by atoms with E-state index in [9.17, 15) is 9.59 Å². The molecule has 0 spiro atoms. The standard InChI is InChI=1S/C11H14N2O4/c1-13(11(15)10(12)14)8-5-4-7(16-2)6-9(8)17-3/h4-6H,1-3H3,(H2,12,14). The van der Waals surface area contributed by atoms with Gasteiger partial charge in [-0.3, -0.25) is 9.59 Å². The van der Waals surface area contributed by atoms with Gasteiger partial charge in [0, 0.05) is 13.1 Å². The lowest BCUT2D eigenvalue weighted by atomic mass is 10.2. The monoisotopic (exact) mass is 238 g/mol. The Morgan fingerprint density at radius 2 is 1.88 bits per heavy atom. The van der Waals surface area contributed by atoms with Gasteiger partial charge in [0.1, 0.15) is 11.5 Å². The summed E-state index contributed by atoms with van der Waals surface area (Å²) < 4.78 is 10.1. The normalized spacial score (nSPS) is 9.59. The smallest absolute Gasteiger partial charge is 0.315 e. The molecule has 0 radical (unpaired) electrons. The van der Waals surface area contributed by atoms with Crippen molar-refractivity contribution in [2.45, 2.75) is 0 Å². The van der Waals surface area contributed by atoms with E-state index in [2.05, 4.69) is 0 Å². The molecule has 0 fully saturated rings. The highest BCUT2D eigenvalue weighted by Gasteiger charge is 2.19. The molecular formula is C11H14N2O4. The van der Waals surface area contributed by atoms with E-state index in [1.54, 1.807) is 18.2 Å². The average Bonchev–Trinajstić information content (AvgIpc) is 2.35. The Bertz CT molecular complexity index is 445. The van der Waals surface area contributed by atoms with Crippen molar-refractivity contribution >= 4 is 17.5 Å². The number of amides is 2. The molecule has 17 heavy (non-hydrogen) atoms. The number of hydrogen-bond donors (Lipinski definition) is 1. The second-order valence-corrected chi connectivity index (χ2v) is 3.27. The number of primary amides is 1. The second-order valence-electron chi connectivity index (χ2n) is 3.27. The molecule has 0 saturated heterocycles. The van der Waals surface area contributed by atoms with Crippen LogP contribution in [-0.4, -0.2) is 33.1 Å². The molecule has 0 saturated carbocycles. The predicted octanol–water partition coefficient (Wildman–Crippen LogP) is 0.152. The maximum Gasteiger partial charge on any atom is 0.315 e. The minimum Gasteiger partial charge on any atom is -0.497 e. The summed E-state index contributed by atoms with van der Waals surface area (Å²) in [7, 11) is 4.42. The second kappa shape index (κ2) is 5.20. The van der Waals surface area contributed by atoms with Crippen LogP contribution >= 0.6 is 0 Å². The minimum absolute atomic E-state index is 0.418.